The first-order valence-electron chi connectivity index (χ1n) is 7.01. The molecule has 1 aromatic rings. The van der Waals surface area contributed by atoms with E-state index in [0.717, 1.165) is 35.4 Å². The van der Waals surface area contributed by atoms with Crippen LogP contribution in [0.5, 0.6) is 0 Å². The second-order valence-electron chi connectivity index (χ2n) is 6.02. The second-order valence-corrected chi connectivity index (χ2v) is 6.02. The second kappa shape index (κ2) is 5.40. The molecule has 0 bridgehead atoms. The monoisotopic (exact) mass is 249 g/mol. The Labute approximate surface area is 110 Å². The fourth-order valence-electron chi connectivity index (χ4n) is 3.23. The number of halogens is 1. The first-order valence-corrected chi connectivity index (χ1v) is 7.01. The predicted octanol–water partition coefficient (Wildman–Crippen LogP) is 4.27. The standard InChI is InChI=1S/C16H24FN/c1-10-4-6-13(7-5-10)16(18)15-12(3)8-11(2)9-14(15)17/h8-10,13,16H,4-7,18H2,1-3H3. The van der Waals surface area contributed by atoms with E-state index in [-0.39, 0.29) is 11.9 Å². The van der Waals surface area contributed by atoms with Crippen LogP contribution in [0.15, 0.2) is 12.1 Å². The highest BCUT2D eigenvalue weighted by Gasteiger charge is 2.27. The van der Waals surface area contributed by atoms with Gasteiger partial charge in [-0.15, -0.1) is 0 Å². The largest absolute Gasteiger partial charge is 0.324 e. The summed E-state index contributed by atoms with van der Waals surface area (Å²) in [5.41, 5.74) is 9.03. The minimum atomic E-state index is -0.141. The van der Waals surface area contributed by atoms with E-state index in [2.05, 4.69) is 6.92 Å². The molecule has 0 aromatic heterocycles. The van der Waals surface area contributed by atoms with Crippen LogP contribution >= 0.6 is 0 Å². The third-order valence-corrected chi connectivity index (χ3v) is 4.38. The first kappa shape index (κ1) is 13.5. The molecule has 0 spiro atoms. The molecule has 2 N–H and O–H groups in total. The van der Waals surface area contributed by atoms with Gasteiger partial charge in [0.15, 0.2) is 0 Å². The van der Waals surface area contributed by atoms with Gasteiger partial charge in [-0.05, 0) is 55.7 Å². The maximum atomic E-state index is 14.1. The summed E-state index contributed by atoms with van der Waals surface area (Å²) in [5.74, 6) is 1.12. The average molecular weight is 249 g/mol. The molecule has 1 unspecified atom stereocenters. The van der Waals surface area contributed by atoms with Crippen molar-refractivity contribution in [2.45, 2.75) is 52.5 Å². The van der Waals surface area contributed by atoms with Gasteiger partial charge >= 0.3 is 0 Å². The van der Waals surface area contributed by atoms with Gasteiger partial charge in [-0.1, -0.05) is 25.8 Å². The van der Waals surface area contributed by atoms with Crippen molar-refractivity contribution in [3.63, 3.8) is 0 Å². The average Bonchev–Trinajstić information content (AvgIpc) is 2.28. The molecule has 1 saturated carbocycles. The number of nitrogens with two attached hydrogens (primary N) is 1. The molecule has 0 saturated heterocycles. The summed E-state index contributed by atoms with van der Waals surface area (Å²) >= 11 is 0. The van der Waals surface area contributed by atoms with Gasteiger partial charge in [0.05, 0.1) is 0 Å². The molecule has 1 atom stereocenters. The lowest BCUT2D eigenvalue weighted by atomic mass is 9.77. The van der Waals surface area contributed by atoms with Crippen molar-refractivity contribution in [3.8, 4) is 0 Å². The Balaban J connectivity index is 2.21. The first-order chi connectivity index (χ1) is 8.49. The van der Waals surface area contributed by atoms with Crippen LogP contribution in [0, 0.1) is 31.5 Å². The number of benzene rings is 1. The van der Waals surface area contributed by atoms with Gasteiger partial charge in [-0.3, -0.25) is 0 Å². The van der Waals surface area contributed by atoms with Crippen LogP contribution in [0.2, 0.25) is 0 Å². The summed E-state index contributed by atoms with van der Waals surface area (Å²) in [6.07, 6.45) is 4.72. The molecule has 0 aliphatic heterocycles. The molecule has 1 nitrogen and oxygen atoms in total. The van der Waals surface area contributed by atoms with Gasteiger partial charge in [0.25, 0.3) is 0 Å². The van der Waals surface area contributed by atoms with Crippen molar-refractivity contribution in [1.82, 2.24) is 0 Å². The Morgan fingerprint density at radius 2 is 1.78 bits per heavy atom. The Hall–Kier alpha value is -0.890. The Morgan fingerprint density at radius 3 is 2.33 bits per heavy atom. The van der Waals surface area contributed by atoms with Crippen LogP contribution in [0.3, 0.4) is 0 Å². The van der Waals surface area contributed by atoms with Crippen LogP contribution in [0.4, 0.5) is 4.39 Å². The van der Waals surface area contributed by atoms with Crippen molar-refractivity contribution in [1.29, 1.82) is 0 Å². The molecule has 1 aromatic carbocycles. The van der Waals surface area contributed by atoms with E-state index >= 15 is 0 Å². The molecule has 2 rings (SSSR count). The summed E-state index contributed by atoms with van der Waals surface area (Å²) in [6, 6.07) is 3.50. The van der Waals surface area contributed by atoms with E-state index in [1.807, 2.05) is 19.9 Å². The fourth-order valence-corrected chi connectivity index (χ4v) is 3.23. The van der Waals surface area contributed by atoms with Crippen LogP contribution in [-0.2, 0) is 0 Å². The zero-order valence-electron chi connectivity index (χ0n) is 11.7. The van der Waals surface area contributed by atoms with E-state index in [1.165, 1.54) is 12.8 Å². The molecule has 100 valence electrons. The fraction of sp³-hybridized carbons (Fsp3) is 0.625. The molecule has 1 fully saturated rings. The quantitative estimate of drug-likeness (QED) is 0.832. The highest BCUT2D eigenvalue weighted by atomic mass is 19.1. The van der Waals surface area contributed by atoms with Crippen LogP contribution in [0.25, 0.3) is 0 Å². The summed E-state index contributed by atoms with van der Waals surface area (Å²) in [4.78, 5) is 0. The Kier molecular flexibility index (Phi) is 4.06. The van der Waals surface area contributed by atoms with E-state index < -0.39 is 0 Å². The molecule has 18 heavy (non-hydrogen) atoms. The number of hydrogen-bond donors (Lipinski definition) is 1. The third-order valence-electron chi connectivity index (χ3n) is 4.38. The highest BCUT2D eigenvalue weighted by molar-refractivity contribution is 5.34. The van der Waals surface area contributed by atoms with Gasteiger partial charge < -0.3 is 5.73 Å². The zero-order chi connectivity index (χ0) is 13.3. The van der Waals surface area contributed by atoms with Crippen molar-refractivity contribution in [3.05, 3.63) is 34.6 Å². The molecule has 1 aliphatic rings. The van der Waals surface area contributed by atoms with Crippen molar-refractivity contribution < 1.29 is 4.39 Å². The van der Waals surface area contributed by atoms with E-state index in [0.29, 0.717) is 5.92 Å². The molecule has 0 radical (unpaired) electrons. The van der Waals surface area contributed by atoms with Crippen LogP contribution in [-0.4, -0.2) is 0 Å². The Bertz CT molecular complexity index is 396. The number of aryl methyl sites for hydroxylation is 2. The molecule has 2 heteroatoms. The number of rotatable bonds is 2. The summed E-state index contributed by atoms with van der Waals surface area (Å²) < 4.78 is 14.1. The van der Waals surface area contributed by atoms with Gasteiger partial charge in [-0.25, -0.2) is 4.39 Å². The van der Waals surface area contributed by atoms with Crippen molar-refractivity contribution in [2.24, 2.45) is 17.6 Å². The smallest absolute Gasteiger partial charge is 0.128 e. The zero-order valence-corrected chi connectivity index (χ0v) is 11.7. The Morgan fingerprint density at radius 1 is 1.17 bits per heavy atom. The van der Waals surface area contributed by atoms with E-state index in [1.54, 1.807) is 6.07 Å². The molecule has 1 aliphatic carbocycles. The van der Waals surface area contributed by atoms with Gasteiger partial charge in [0.2, 0.25) is 0 Å². The van der Waals surface area contributed by atoms with E-state index in [9.17, 15) is 4.39 Å². The van der Waals surface area contributed by atoms with E-state index in [4.69, 9.17) is 5.73 Å². The third kappa shape index (κ3) is 2.74. The minimum absolute atomic E-state index is 0.126. The summed E-state index contributed by atoms with van der Waals surface area (Å²) in [7, 11) is 0. The van der Waals surface area contributed by atoms with Crippen molar-refractivity contribution in [2.75, 3.05) is 0 Å². The molecule has 0 amide bonds. The number of hydrogen-bond acceptors (Lipinski definition) is 1. The normalized spacial score (nSPS) is 26.1. The van der Waals surface area contributed by atoms with Crippen LogP contribution < -0.4 is 5.73 Å². The maximum absolute atomic E-state index is 14.1. The van der Waals surface area contributed by atoms with Gasteiger partial charge in [0, 0.05) is 11.6 Å². The lowest BCUT2D eigenvalue weighted by molar-refractivity contribution is 0.253. The summed E-state index contributed by atoms with van der Waals surface area (Å²) in [5, 5.41) is 0. The topological polar surface area (TPSA) is 26.0 Å². The predicted molar refractivity (Wildman–Crippen MR) is 73.9 cm³/mol. The van der Waals surface area contributed by atoms with Gasteiger partial charge in [-0.2, -0.15) is 0 Å². The minimum Gasteiger partial charge on any atom is -0.324 e. The SMILES string of the molecule is Cc1cc(C)c(C(N)C2CCC(C)CC2)c(F)c1. The molecular weight excluding hydrogens is 225 g/mol. The van der Waals surface area contributed by atoms with Crippen LogP contribution in [0.1, 0.15) is 55.3 Å². The molecular formula is C16H24FN. The van der Waals surface area contributed by atoms with Gasteiger partial charge in [0.1, 0.15) is 5.82 Å². The lowest BCUT2D eigenvalue weighted by Crippen LogP contribution is -2.27. The highest BCUT2D eigenvalue weighted by Crippen LogP contribution is 2.37. The molecule has 0 heterocycles. The summed E-state index contributed by atoms with van der Waals surface area (Å²) in [6.45, 7) is 6.18. The van der Waals surface area contributed by atoms with Crippen molar-refractivity contribution >= 4 is 0 Å². The lowest BCUT2D eigenvalue weighted by Gasteiger charge is -2.31. The maximum Gasteiger partial charge on any atom is 0.128 e.